The lowest BCUT2D eigenvalue weighted by atomic mass is 10.1. The highest BCUT2D eigenvalue weighted by molar-refractivity contribution is 5.97. The quantitative estimate of drug-likeness (QED) is 0.808. The summed E-state index contributed by atoms with van der Waals surface area (Å²) in [6, 6.07) is 4.46. The molecule has 18 heavy (non-hydrogen) atoms. The zero-order chi connectivity index (χ0) is 13.1. The fraction of sp³-hybridized carbons (Fsp3) is 0.500. The van der Waals surface area contributed by atoms with Gasteiger partial charge in [-0.2, -0.15) is 0 Å². The van der Waals surface area contributed by atoms with Crippen LogP contribution in [0.1, 0.15) is 36.0 Å². The van der Waals surface area contributed by atoms with E-state index in [4.69, 9.17) is 0 Å². The largest absolute Gasteiger partial charge is 0.504 e. The van der Waals surface area contributed by atoms with Crippen molar-refractivity contribution in [1.82, 2.24) is 4.90 Å². The van der Waals surface area contributed by atoms with Gasteiger partial charge in [-0.3, -0.25) is 4.79 Å². The van der Waals surface area contributed by atoms with Crippen molar-refractivity contribution >= 4 is 5.91 Å². The van der Waals surface area contributed by atoms with Crippen molar-refractivity contribution in [2.45, 2.75) is 25.7 Å². The molecule has 1 fully saturated rings. The van der Waals surface area contributed by atoms with E-state index in [-0.39, 0.29) is 23.0 Å². The molecule has 2 rings (SSSR count). The summed E-state index contributed by atoms with van der Waals surface area (Å²) in [6.45, 7) is 0.716. The minimum Gasteiger partial charge on any atom is -0.504 e. The number of benzene rings is 1. The Morgan fingerprint density at radius 1 is 1.33 bits per heavy atom. The second-order valence-corrected chi connectivity index (χ2v) is 5.01. The number of rotatable bonds is 3. The second kappa shape index (κ2) is 5.29. The first-order chi connectivity index (χ1) is 8.59. The van der Waals surface area contributed by atoms with Crippen molar-refractivity contribution < 1.29 is 15.0 Å². The molecule has 0 heterocycles. The average molecular weight is 249 g/mol. The van der Waals surface area contributed by atoms with Crippen LogP contribution in [0.15, 0.2) is 18.2 Å². The fourth-order valence-corrected chi connectivity index (χ4v) is 2.57. The van der Waals surface area contributed by atoms with E-state index in [9.17, 15) is 15.0 Å². The molecule has 0 saturated heterocycles. The molecule has 1 aromatic carbocycles. The molecule has 0 aliphatic heterocycles. The van der Waals surface area contributed by atoms with E-state index in [1.165, 1.54) is 37.8 Å². The molecule has 1 aliphatic carbocycles. The molecule has 4 nitrogen and oxygen atoms in total. The highest BCUT2D eigenvalue weighted by atomic mass is 16.3. The lowest BCUT2D eigenvalue weighted by Crippen LogP contribution is -2.31. The van der Waals surface area contributed by atoms with Gasteiger partial charge in [0.1, 0.15) is 0 Å². The molecular weight excluding hydrogens is 230 g/mol. The Balaban J connectivity index is 2.07. The van der Waals surface area contributed by atoms with E-state index >= 15 is 0 Å². The molecule has 1 amide bonds. The Morgan fingerprint density at radius 2 is 2.00 bits per heavy atom. The predicted octanol–water partition coefficient (Wildman–Crippen LogP) is 2.36. The summed E-state index contributed by atoms with van der Waals surface area (Å²) in [6.07, 6.45) is 4.82. The summed E-state index contributed by atoms with van der Waals surface area (Å²) in [5, 5.41) is 19.1. The van der Waals surface area contributed by atoms with Gasteiger partial charge in [0.2, 0.25) is 0 Å². The van der Waals surface area contributed by atoms with Crippen molar-refractivity contribution in [3.8, 4) is 11.5 Å². The summed E-state index contributed by atoms with van der Waals surface area (Å²) >= 11 is 0. The Bertz CT molecular complexity index is 439. The summed E-state index contributed by atoms with van der Waals surface area (Å²) in [7, 11) is 1.74. The maximum absolute atomic E-state index is 12.2. The van der Waals surface area contributed by atoms with E-state index in [0.717, 1.165) is 0 Å². The van der Waals surface area contributed by atoms with Gasteiger partial charge in [-0.05, 0) is 30.9 Å². The van der Waals surface area contributed by atoms with Crippen molar-refractivity contribution in [2.75, 3.05) is 13.6 Å². The van der Waals surface area contributed by atoms with E-state index in [1.54, 1.807) is 18.0 Å². The molecule has 1 aromatic rings. The number of phenolic OH excluding ortho intramolecular Hbond substituents is 2. The third kappa shape index (κ3) is 2.58. The van der Waals surface area contributed by atoms with E-state index in [0.29, 0.717) is 12.5 Å². The smallest absolute Gasteiger partial charge is 0.257 e. The first-order valence-electron chi connectivity index (χ1n) is 6.36. The summed E-state index contributed by atoms with van der Waals surface area (Å²) in [5.41, 5.74) is 0.162. The number of carbonyl (C=O) groups excluding carboxylic acids is 1. The number of hydrogen-bond donors (Lipinski definition) is 2. The number of nitrogens with zero attached hydrogens (tertiary/aromatic N) is 1. The predicted molar refractivity (Wildman–Crippen MR) is 68.7 cm³/mol. The third-order valence-corrected chi connectivity index (χ3v) is 3.60. The standard InChI is InChI=1S/C14H19NO3/c1-15(9-10-5-2-3-6-10)14(18)11-7-4-8-12(16)13(11)17/h4,7-8,10,16-17H,2-3,5-6,9H2,1H3. The normalized spacial score (nSPS) is 15.8. The Morgan fingerprint density at radius 3 is 2.67 bits per heavy atom. The van der Waals surface area contributed by atoms with Crippen LogP contribution in [0, 0.1) is 5.92 Å². The first-order valence-corrected chi connectivity index (χ1v) is 6.36. The molecular formula is C14H19NO3. The highest BCUT2D eigenvalue weighted by Gasteiger charge is 2.22. The second-order valence-electron chi connectivity index (χ2n) is 5.01. The molecule has 0 radical (unpaired) electrons. The van der Waals surface area contributed by atoms with Gasteiger partial charge >= 0.3 is 0 Å². The molecule has 0 aromatic heterocycles. The van der Waals surface area contributed by atoms with Crippen molar-refractivity contribution in [3.63, 3.8) is 0 Å². The minimum atomic E-state index is -0.333. The van der Waals surface area contributed by atoms with Crippen LogP contribution >= 0.6 is 0 Å². The monoisotopic (exact) mass is 249 g/mol. The molecule has 0 bridgehead atoms. The fourth-order valence-electron chi connectivity index (χ4n) is 2.57. The van der Waals surface area contributed by atoms with Crippen LogP contribution in [0.5, 0.6) is 11.5 Å². The topological polar surface area (TPSA) is 60.8 Å². The van der Waals surface area contributed by atoms with Crippen LogP contribution < -0.4 is 0 Å². The van der Waals surface area contributed by atoms with Gasteiger partial charge in [-0.25, -0.2) is 0 Å². The van der Waals surface area contributed by atoms with Crippen LogP contribution in [0.25, 0.3) is 0 Å². The number of para-hydroxylation sites is 1. The molecule has 1 saturated carbocycles. The molecule has 4 heteroatoms. The lowest BCUT2D eigenvalue weighted by molar-refractivity contribution is 0.0769. The number of carbonyl (C=O) groups is 1. The average Bonchev–Trinajstić information content (AvgIpc) is 2.84. The lowest BCUT2D eigenvalue weighted by Gasteiger charge is -2.21. The van der Waals surface area contributed by atoms with Crippen molar-refractivity contribution in [3.05, 3.63) is 23.8 Å². The Kier molecular flexibility index (Phi) is 3.75. The Hall–Kier alpha value is -1.71. The Labute approximate surface area is 107 Å². The van der Waals surface area contributed by atoms with Crippen LogP contribution in [-0.4, -0.2) is 34.6 Å². The maximum Gasteiger partial charge on any atom is 0.257 e. The van der Waals surface area contributed by atoms with Gasteiger partial charge in [0.25, 0.3) is 5.91 Å². The number of aromatic hydroxyl groups is 2. The van der Waals surface area contributed by atoms with Crippen LogP contribution in [0.2, 0.25) is 0 Å². The zero-order valence-electron chi connectivity index (χ0n) is 10.6. The van der Waals surface area contributed by atoms with E-state index in [1.807, 2.05) is 0 Å². The molecule has 0 spiro atoms. The van der Waals surface area contributed by atoms with Crippen LogP contribution in [0.3, 0.4) is 0 Å². The minimum absolute atomic E-state index is 0.162. The maximum atomic E-state index is 12.2. The summed E-state index contributed by atoms with van der Waals surface area (Å²) in [5.74, 6) is -0.260. The summed E-state index contributed by atoms with van der Waals surface area (Å²) < 4.78 is 0. The molecule has 1 aliphatic rings. The SMILES string of the molecule is CN(CC1CCCC1)C(=O)c1cccc(O)c1O. The van der Waals surface area contributed by atoms with Gasteiger partial charge < -0.3 is 15.1 Å². The van der Waals surface area contributed by atoms with Gasteiger partial charge in [-0.1, -0.05) is 18.9 Å². The molecule has 98 valence electrons. The van der Waals surface area contributed by atoms with Gasteiger partial charge in [0.05, 0.1) is 5.56 Å². The van der Waals surface area contributed by atoms with Crippen molar-refractivity contribution in [1.29, 1.82) is 0 Å². The van der Waals surface area contributed by atoms with E-state index < -0.39 is 0 Å². The van der Waals surface area contributed by atoms with Crippen LogP contribution in [0.4, 0.5) is 0 Å². The van der Waals surface area contributed by atoms with Gasteiger partial charge in [0, 0.05) is 13.6 Å². The first kappa shape index (κ1) is 12.7. The number of amides is 1. The molecule has 0 atom stereocenters. The molecule has 0 unspecified atom stereocenters. The number of phenols is 2. The van der Waals surface area contributed by atoms with Gasteiger partial charge in [0.15, 0.2) is 11.5 Å². The third-order valence-electron chi connectivity index (χ3n) is 3.60. The highest BCUT2D eigenvalue weighted by Crippen LogP contribution is 2.30. The zero-order valence-corrected chi connectivity index (χ0v) is 10.6. The van der Waals surface area contributed by atoms with Crippen LogP contribution in [-0.2, 0) is 0 Å². The van der Waals surface area contributed by atoms with E-state index in [2.05, 4.69) is 0 Å². The summed E-state index contributed by atoms with van der Waals surface area (Å²) in [4.78, 5) is 13.8. The number of hydrogen-bond acceptors (Lipinski definition) is 3. The van der Waals surface area contributed by atoms with Gasteiger partial charge in [-0.15, -0.1) is 0 Å². The molecule has 2 N–H and O–H groups in total. The van der Waals surface area contributed by atoms with Crippen molar-refractivity contribution in [2.24, 2.45) is 5.92 Å².